The highest BCUT2D eigenvalue weighted by Gasteiger charge is 2.08. The van der Waals surface area contributed by atoms with Crippen molar-refractivity contribution in [2.45, 2.75) is 32.7 Å². The standard InChI is InChI=1S/C13H18ClN5/c1-2-5-11-12(14)16-10-17-13(11)15-6-3-8-19-9-4-7-18-19/h4,7,9-10H,2-3,5-6,8H2,1H3,(H,15,16,17). The lowest BCUT2D eigenvalue weighted by Gasteiger charge is -2.11. The topological polar surface area (TPSA) is 55.6 Å². The predicted molar refractivity (Wildman–Crippen MR) is 76.4 cm³/mol. The van der Waals surface area contributed by atoms with Crippen molar-refractivity contribution in [3.63, 3.8) is 0 Å². The molecule has 5 nitrogen and oxygen atoms in total. The Morgan fingerprint density at radius 1 is 1.37 bits per heavy atom. The number of aromatic nitrogens is 4. The van der Waals surface area contributed by atoms with Crippen molar-refractivity contribution in [2.24, 2.45) is 0 Å². The van der Waals surface area contributed by atoms with Gasteiger partial charge in [-0.05, 0) is 18.9 Å². The quantitative estimate of drug-likeness (QED) is 0.625. The summed E-state index contributed by atoms with van der Waals surface area (Å²) in [7, 11) is 0. The van der Waals surface area contributed by atoms with Gasteiger partial charge in [0.1, 0.15) is 17.3 Å². The summed E-state index contributed by atoms with van der Waals surface area (Å²) in [5.74, 6) is 0.849. The normalized spacial score (nSPS) is 10.6. The van der Waals surface area contributed by atoms with Crippen molar-refractivity contribution >= 4 is 17.4 Å². The van der Waals surface area contributed by atoms with E-state index in [0.29, 0.717) is 5.15 Å². The summed E-state index contributed by atoms with van der Waals surface area (Å²) < 4.78 is 1.92. The van der Waals surface area contributed by atoms with E-state index in [2.05, 4.69) is 27.3 Å². The molecule has 0 unspecified atom stereocenters. The average molecular weight is 280 g/mol. The van der Waals surface area contributed by atoms with Gasteiger partial charge in [0, 0.05) is 31.0 Å². The molecular formula is C13H18ClN5. The lowest BCUT2D eigenvalue weighted by atomic mass is 10.2. The number of hydrogen-bond donors (Lipinski definition) is 1. The maximum Gasteiger partial charge on any atom is 0.137 e. The van der Waals surface area contributed by atoms with Crippen LogP contribution in [0.25, 0.3) is 0 Å². The van der Waals surface area contributed by atoms with Crippen LogP contribution < -0.4 is 5.32 Å². The van der Waals surface area contributed by atoms with Gasteiger partial charge in [-0.15, -0.1) is 0 Å². The van der Waals surface area contributed by atoms with Gasteiger partial charge in [-0.25, -0.2) is 9.97 Å². The van der Waals surface area contributed by atoms with Crippen molar-refractivity contribution in [1.29, 1.82) is 0 Å². The fourth-order valence-corrected chi connectivity index (χ4v) is 2.12. The largest absolute Gasteiger partial charge is 0.370 e. The molecule has 0 aliphatic carbocycles. The van der Waals surface area contributed by atoms with Crippen LogP contribution in [0.3, 0.4) is 0 Å². The Labute approximate surface area is 118 Å². The monoisotopic (exact) mass is 279 g/mol. The van der Waals surface area contributed by atoms with Crippen LogP contribution >= 0.6 is 11.6 Å². The number of rotatable bonds is 7. The molecule has 1 N–H and O–H groups in total. The third-order valence-corrected chi connectivity index (χ3v) is 3.13. The van der Waals surface area contributed by atoms with E-state index < -0.39 is 0 Å². The van der Waals surface area contributed by atoms with Crippen LogP contribution in [0.4, 0.5) is 5.82 Å². The Hall–Kier alpha value is -1.62. The smallest absolute Gasteiger partial charge is 0.137 e. The first-order valence-electron chi connectivity index (χ1n) is 6.52. The van der Waals surface area contributed by atoms with Crippen molar-refractivity contribution in [2.75, 3.05) is 11.9 Å². The van der Waals surface area contributed by atoms with Gasteiger partial charge in [-0.1, -0.05) is 24.9 Å². The second-order valence-electron chi connectivity index (χ2n) is 4.29. The molecule has 0 fully saturated rings. The lowest BCUT2D eigenvalue weighted by Crippen LogP contribution is -2.10. The van der Waals surface area contributed by atoms with Gasteiger partial charge < -0.3 is 5.32 Å². The summed E-state index contributed by atoms with van der Waals surface area (Å²) in [4.78, 5) is 8.29. The number of nitrogens with zero attached hydrogens (tertiary/aromatic N) is 4. The van der Waals surface area contributed by atoms with E-state index in [1.54, 1.807) is 6.20 Å². The SMILES string of the molecule is CCCc1c(Cl)ncnc1NCCCn1cccn1. The van der Waals surface area contributed by atoms with Gasteiger partial charge >= 0.3 is 0 Å². The average Bonchev–Trinajstić information content (AvgIpc) is 2.91. The van der Waals surface area contributed by atoms with Crippen molar-refractivity contribution in [1.82, 2.24) is 19.7 Å². The molecule has 2 heterocycles. The number of hydrogen-bond acceptors (Lipinski definition) is 4. The van der Waals surface area contributed by atoms with E-state index in [9.17, 15) is 0 Å². The Morgan fingerprint density at radius 3 is 3.00 bits per heavy atom. The molecule has 0 amide bonds. The molecule has 19 heavy (non-hydrogen) atoms. The van der Waals surface area contributed by atoms with E-state index in [-0.39, 0.29) is 0 Å². The van der Waals surface area contributed by atoms with Crippen LogP contribution in [-0.4, -0.2) is 26.3 Å². The zero-order valence-electron chi connectivity index (χ0n) is 11.0. The molecule has 0 saturated carbocycles. The minimum Gasteiger partial charge on any atom is -0.370 e. The minimum absolute atomic E-state index is 0.548. The second kappa shape index (κ2) is 7.09. The summed E-state index contributed by atoms with van der Waals surface area (Å²) in [6.45, 7) is 3.84. The molecule has 6 heteroatoms. The second-order valence-corrected chi connectivity index (χ2v) is 4.65. The molecule has 0 radical (unpaired) electrons. The van der Waals surface area contributed by atoms with Crippen molar-refractivity contribution in [3.8, 4) is 0 Å². The maximum atomic E-state index is 6.10. The van der Waals surface area contributed by atoms with Crippen LogP contribution in [0.2, 0.25) is 5.15 Å². The maximum absolute atomic E-state index is 6.10. The zero-order valence-corrected chi connectivity index (χ0v) is 11.8. The minimum atomic E-state index is 0.548. The van der Waals surface area contributed by atoms with Gasteiger partial charge in [-0.3, -0.25) is 4.68 Å². The van der Waals surface area contributed by atoms with Crippen LogP contribution in [0.15, 0.2) is 24.8 Å². The highest BCUT2D eigenvalue weighted by Crippen LogP contribution is 2.21. The molecular weight excluding hydrogens is 262 g/mol. The fourth-order valence-electron chi connectivity index (χ4n) is 1.90. The Bertz CT molecular complexity index is 498. The fraction of sp³-hybridized carbons (Fsp3) is 0.462. The van der Waals surface area contributed by atoms with Crippen molar-refractivity contribution < 1.29 is 0 Å². The summed E-state index contributed by atoms with van der Waals surface area (Å²) in [5.41, 5.74) is 1.01. The van der Waals surface area contributed by atoms with E-state index >= 15 is 0 Å². The third kappa shape index (κ3) is 3.92. The first-order valence-corrected chi connectivity index (χ1v) is 6.89. The number of nitrogens with one attached hydrogen (secondary N) is 1. The molecule has 2 aromatic heterocycles. The molecule has 0 aliphatic rings. The van der Waals surface area contributed by atoms with E-state index in [4.69, 9.17) is 11.6 Å². The molecule has 0 atom stereocenters. The highest BCUT2D eigenvalue weighted by molar-refractivity contribution is 6.30. The molecule has 102 valence electrons. The molecule has 0 aliphatic heterocycles. The lowest BCUT2D eigenvalue weighted by molar-refractivity contribution is 0.591. The molecule has 0 spiro atoms. The predicted octanol–water partition coefficient (Wildman–Crippen LogP) is 2.78. The summed E-state index contributed by atoms with van der Waals surface area (Å²) in [6.07, 6.45) is 8.14. The first kappa shape index (κ1) is 13.8. The highest BCUT2D eigenvalue weighted by atomic mass is 35.5. The number of anilines is 1. The van der Waals surface area contributed by atoms with Gasteiger partial charge in [0.2, 0.25) is 0 Å². The summed E-state index contributed by atoms with van der Waals surface area (Å²) in [5, 5.41) is 8.04. The Balaban J connectivity index is 1.86. The molecule has 0 bridgehead atoms. The molecule has 0 aromatic carbocycles. The first-order chi connectivity index (χ1) is 9.31. The van der Waals surface area contributed by atoms with E-state index in [1.165, 1.54) is 6.33 Å². The van der Waals surface area contributed by atoms with Crippen molar-refractivity contribution in [3.05, 3.63) is 35.5 Å². The molecule has 2 aromatic rings. The van der Waals surface area contributed by atoms with Gasteiger partial charge in [0.15, 0.2) is 0 Å². The third-order valence-electron chi connectivity index (χ3n) is 2.81. The van der Waals surface area contributed by atoms with Crippen LogP contribution in [0.5, 0.6) is 0 Å². The summed E-state index contributed by atoms with van der Waals surface area (Å²) in [6, 6.07) is 1.93. The van der Waals surface area contributed by atoms with Crippen LogP contribution in [0.1, 0.15) is 25.3 Å². The van der Waals surface area contributed by atoms with E-state index in [0.717, 1.165) is 43.7 Å². The van der Waals surface area contributed by atoms with E-state index in [1.807, 2.05) is 16.9 Å². The molecule has 0 saturated heterocycles. The van der Waals surface area contributed by atoms with Gasteiger partial charge in [0.05, 0.1) is 0 Å². The Morgan fingerprint density at radius 2 is 2.26 bits per heavy atom. The van der Waals surface area contributed by atoms with Gasteiger partial charge in [0.25, 0.3) is 0 Å². The zero-order chi connectivity index (χ0) is 13.5. The Kier molecular flexibility index (Phi) is 5.15. The number of halogens is 1. The summed E-state index contributed by atoms with van der Waals surface area (Å²) >= 11 is 6.10. The molecule has 2 rings (SSSR count). The van der Waals surface area contributed by atoms with Crippen LogP contribution in [0, 0.1) is 0 Å². The number of aryl methyl sites for hydroxylation is 1. The van der Waals surface area contributed by atoms with Gasteiger partial charge in [-0.2, -0.15) is 5.10 Å². The van der Waals surface area contributed by atoms with Crippen LogP contribution in [-0.2, 0) is 13.0 Å².